The van der Waals surface area contributed by atoms with Crippen LogP contribution in [0.25, 0.3) is 40.0 Å². The largest absolute Gasteiger partial charge is 0.457 e. The molecule has 36 heavy (non-hydrogen) atoms. The maximum Gasteiger partial charge on any atom is 0.250 e. The van der Waals surface area contributed by atoms with Crippen LogP contribution in [0.15, 0.2) is 93.8 Å². The number of rotatable bonds is 5. The molecule has 3 aromatic carbocycles. The Balaban J connectivity index is 1.20. The Morgan fingerprint density at radius 1 is 1.00 bits per heavy atom. The van der Waals surface area contributed by atoms with Crippen molar-refractivity contribution >= 4 is 57.7 Å². The molecular weight excluding hydrogens is 501 g/mol. The topological polar surface area (TPSA) is 80.3 Å². The first kappa shape index (κ1) is 23.5. The van der Waals surface area contributed by atoms with E-state index in [1.807, 2.05) is 18.2 Å². The van der Waals surface area contributed by atoms with Crippen molar-refractivity contribution in [3.05, 3.63) is 102 Å². The lowest BCUT2D eigenvalue weighted by atomic mass is 10.2. The van der Waals surface area contributed by atoms with Gasteiger partial charge in [0.15, 0.2) is 10.7 Å². The third-order valence-corrected chi connectivity index (χ3v) is 5.60. The van der Waals surface area contributed by atoms with E-state index in [1.54, 1.807) is 60.7 Å². The normalized spacial score (nSPS) is 11.2. The maximum atomic E-state index is 14.1. The Kier molecular flexibility index (Phi) is 6.62. The highest BCUT2D eigenvalue weighted by atomic mass is 35.5. The molecule has 0 radical (unpaired) electrons. The van der Waals surface area contributed by atoms with Crippen LogP contribution in [-0.2, 0) is 4.79 Å². The van der Waals surface area contributed by atoms with Crippen molar-refractivity contribution in [1.29, 1.82) is 0 Å². The lowest BCUT2D eigenvalue weighted by Gasteiger charge is -2.07. The van der Waals surface area contributed by atoms with Crippen LogP contribution in [0.1, 0.15) is 5.76 Å². The van der Waals surface area contributed by atoms with E-state index < -0.39 is 11.7 Å². The fourth-order valence-corrected chi connectivity index (χ4v) is 3.78. The molecule has 0 fully saturated rings. The third kappa shape index (κ3) is 5.35. The highest BCUT2D eigenvalue weighted by molar-refractivity contribution is 7.80. The predicted octanol–water partition coefficient (Wildman–Crippen LogP) is 7.07. The Labute approximate surface area is 215 Å². The number of fused-ring (bicyclic) bond motifs is 1. The first-order chi connectivity index (χ1) is 17.4. The number of aromatic nitrogens is 1. The van der Waals surface area contributed by atoms with Crippen molar-refractivity contribution in [3.63, 3.8) is 0 Å². The van der Waals surface area contributed by atoms with Gasteiger partial charge in [-0.1, -0.05) is 23.7 Å². The van der Waals surface area contributed by atoms with Gasteiger partial charge in [0.2, 0.25) is 11.8 Å². The first-order valence-corrected chi connectivity index (χ1v) is 11.5. The molecule has 0 unspecified atom stereocenters. The van der Waals surface area contributed by atoms with Crippen molar-refractivity contribution in [2.24, 2.45) is 0 Å². The minimum absolute atomic E-state index is 0.100. The number of oxazole rings is 1. The molecule has 6 nitrogen and oxygen atoms in total. The summed E-state index contributed by atoms with van der Waals surface area (Å²) in [6.07, 6.45) is 2.86. The second-order valence-electron chi connectivity index (χ2n) is 7.67. The molecule has 0 aliphatic carbocycles. The van der Waals surface area contributed by atoms with Crippen LogP contribution >= 0.6 is 23.8 Å². The summed E-state index contributed by atoms with van der Waals surface area (Å²) < 4.78 is 25.5. The van der Waals surface area contributed by atoms with Crippen molar-refractivity contribution in [3.8, 4) is 22.8 Å². The number of nitrogens with zero attached hydrogens (tertiary/aromatic N) is 1. The van der Waals surface area contributed by atoms with E-state index in [0.717, 1.165) is 5.56 Å². The molecule has 0 saturated carbocycles. The second kappa shape index (κ2) is 10.2. The Morgan fingerprint density at radius 3 is 2.61 bits per heavy atom. The van der Waals surface area contributed by atoms with Gasteiger partial charge in [0, 0.05) is 22.3 Å². The molecule has 0 saturated heterocycles. The molecule has 178 valence electrons. The van der Waals surface area contributed by atoms with Gasteiger partial charge in [0.1, 0.15) is 22.9 Å². The fourth-order valence-electron chi connectivity index (χ4n) is 3.44. The van der Waals surface area contributed by atoms with Crippen LogP contribution in [-0.4, -0.2) is 16.0 Å². The molecule has 0 atom stereocenters. The van der Waals surface area contributed by atoms with Crippen LogP contribution in [0.5, 0.6) is 0 Å². The van der Waals surface area contributed by atoms with Gasteiger partial charge in [-0.25, -0.2) is 9.37 Å². The number of carbonyl (C=O) groups excluding carboxylic acids is 1. The number of hydrogen-bond donors (Lipinski definition) is 2. The Bertz CT molecular complexity index is 1610. The summed E-state index contributed by atoms with van der Waals surface area (Å²) in [6, 6.07) is 22.2. The zero-order valence-electron chi connectivity index (χ0n) is 18.5. The third-order valence-electron chi connectivity index (χ3n) is 5.14. The molecule has 0 aliphatic heterocycles. The van der Waals surface area contributed by atoms with Crippen LogP contribution in [0.2, 0.25) is 5.02 Å². The van der Waals surface area contributed by atoms with Gasteiger partial charge in [-0.3, -0.25) is 10.1 Å². The zero-order chi connectivity index (χ0) is 25.1. The first-order valence-electron chi connectivity index (χ1n) is 10.8. The number of anilines is 1. The summed E-state index contributed by atoms with van der Waals surface area (Å²) >= 11 is 11.2. The molecule has 2 N–H and O–H groups in total. The quantitative estimate of drug-likeness (QED) is 0.192. The summed E-state index contributed by atoms with van der Waals surface area (Å²) in [4.78, 5) is 16.6. The number of thiocarbonyl (C=S) groups is 1. The molecule has 0 aliphatic rings. The Morgan fingerprint density at radius 2 is 1.81 bits per heavy atom. The number of halogens is 2. The number of carbonyl (C=O) groups is 1. The molecule has 2 aromatic heterocycles. The van der Waals surface area contributed by atoms with E-state index in [9.17, 15) is 9.18 Å². The SMILES string of the molecule is O=C(C=Cc1ccc(-c2ccc(Cl)cc2)o1)NC(=S)Nc1ccc2oc(-c3ccccc3F)nc2c1. The standard InChI is InChI=1S/C27H17ClFN3O3S/c28-17-7-5-16(6-8-17)23-13-10-19(34-23)11-14-25(33)32-27(36)30-18-9-12-24-22(15-18)31-26(35-24)20-3-1-2-4-21(20)29/h1-15H,(H2,30,32,33,36). The van der Waals surface area contributed by atoms with Crippen LogP contribution < -0.4 is 10.6 Å². The van der Waals surface area contributed by atoms with Crippen molar-refractivity contribution in [2.45, 2.75) is 0 Å². The number of hydrogen-bond acceptors (Lipinski definition) is 5. The summed E-state index contributed by atoms with van der Waals surface area (Å²) in [5.41, 5.74) is 2.74. The molecule has 5 rings (SSSR count). The number of nitrogens with one attached hydrogen (secondary N) is 2. The molecule has 1 amide bonds. The monoisotopic (exact) mass is 517 g/mol. The summed E-state index contributed by atoms with van der Waals surface area (Å²) in [5, 5.41) is 6.24. The van der Waals surface area contributed by atoms with Crippen LogP contribution in [0, 0.1) is 5.82 Å². The van der Waals surface area contributed by atoms with E-state index in [4.69, 9.17) is 32.7 Å². The van der Waals surface area contributed by atoms with Crippen molar-refractivity contribution in [2.75, 3.05) is 5.32 Å². The average Bonchev–Trinajstić information content (AvgIpc) is 3.50. The smallest absolute Gasteiger partial charge is 0.250 e. The average molecular weight is 518 g/mol. The fraction of sp³-hybridized carbons (Fsp3) is 0. The maximum absolute atomic E-state index is 14.1. The lowest BCUT2D eigenvalue weighted by Crippen LogP contribution is -2.32. The predicted molar refractivity (Wildman–Crippen MR) is 142 cm³/mol. The molecule has 2 heterocycles. The van der Waals surface area contributed by atoms with Crippen LogP contribution in [0.4, 0.5) is 10.1 Å². The molecule has 5 aromatic rings. The van der Waals surface area contributed by atoms with Gasteiger partial charge < -0.3 is 14.2 Å². The van der Waals surface area contributed by atoms with Gasteiger partial charge in [0.25, 0.3) is 0 Å². The molecule has 0 spiro atoms. The van der Waals surface area contributed by atoms with E-state index in [-0.39, 0.29) is 16.6 Å². The van der Waals surface area contributed by atoms with E-state index >= 15 is 0 Å². The Hall–Kier alpha value is -4.27. The van der Waals surface area contributed by atoms with Crippen molar-refractivity contribution in [1.82, 2.24) is 10.3 Å². The van der Waals surface area contributed by atoms with Gasteiger partial charge in [-0.15, -0.1) is 0 Å². The van der Waals surface area contributed by atoms with Gasteiger partial charge in [0.05, 0.1) is 5.56 Å². The van der Waals surface area contributed by atoms with Gasteiger partial charge >= 0.3 is 0 Å². The zero-order valence-corrected chi connectivity index (χ0v) is 20.1. The molecular formula is C27H17ClFN3O3S. The minimum Gasteiger partial charge on any atom is -0.457 e. The second-order valence-corrected chi connectivity index (χ2v) is 8.51. The van der Waals surface area contributed by atoms with E-state index in [0.29, 0.717) is 33.3 Å². The molecule has 0 bridgehead atoms. The van der Waals surface area contributed by atoms with Crippen LogP contribution in [0.3, 0.4) is 0 Å². The number of furan rings is 1. The highest BCUT2D eigenvalue weighted by Gasteiger charge is 2.13. The number of benzene rings is 3. The highest BCUT2D eigenvalue weighted by Crippen LogP contribution is 2.28. The van der Waals surface area contributed by atoms with E-state index in [2.05, 4.69) is 15.6 Å². The molecule has 9 heteroatoms. The van der Waals surface area contributed by atoms with Gasteiger partial charge in [-0.05, 0) is 85.0 Å². The lowest BCUT2D eigenvalue weighted by molar-refractivity contribution is -0.115. The van der Waals surface area contributed by atoms with Crippen molar-refractivity contribution < 1.29 is 18.0 Å². The summed E-state index contributed by atoms with van der Waals surface area (Å²) in [5.74, 6) is 0.497. The number of amides is 1. The van der Waals surface area contributed by atoms with Gasteiger partial charge in [-0.2, -0.15) is 0 Å². The minimum atomic E-state index is -0.429. The van der Waals surface area contributed by atoms with E-state index in [1.165, 1.54) is 12.1 Å². The summed E-state index contributed by atoms with van der Waals surface area (Å²) in [7, 11) is 0. The summed E-state index contributed by atoms with van der Waals surface area (Å²) in [6.45, 7) is 0.